The van der Waals surface area contributed by atoms with Crippen molar-refractivity contribution in [2.45, 2.75) is 57.6 Å². The molecule has 0 spiro atoms. The first kappa shape index (κ1) is 26.3. The molecule has 5 nitrogen and oxygen atoms in total. The highest BCUT2D eigenvalue weighted by atomic mass is 16.5. The zero-order valence-electron chi connectivity index (χ0n) is 20.4. The first-order chi connectivity index (χ1) is 17.2. The van der Waals surface area contributed by atoms with Crippen LogP contribution < -0.4 is 15.2 Å². The van der Waals surface area contributed by atoms with Gasteiger partial charge in [0.1, 0.15) is 24.1 Å². The number of nitrogens with two attached hydrogens (primary N) is 1. The summed E-state index contributed by atoms with van der Waals surface area (Å²) in [6.07, 6.45) is 6.85. The minimum atomic E-state index is -0.601. The standard InChI is InChI=1S/C30H37NO4/c31-29(23-25-13-7-5-8-14-25)30(32)34-22-12-4-2-1-3-11-21-33-27-17-19-28(20-18-27)35-24-26-15-9-6-10-16-26/h5-10,13-20,29H,1-4,11-12,21-24,31H2/t29-/m0/s1. The van der Waals surface area contributed by atoms with Crippen LogP contribution in [0.4, 0.5) is 0 Å². The van der Waals surface area contributed by atoms with Crippen molar-refractivity contribution in [1.29, 1.82) is 0 Å². The fraction of sp³-hybridized carbons (Fsp3) is 0.367. The molecule has 0 radical (unpaired) electrons. The molecule has 0 aromatic heterocycles. The van der Waals surface area contributed by atoms with E-state index in [4.69, 9.17) is 19.9 Å². The Bertz CT molecular complexity index is 961. The van der Waals surface area contributed by atoms with E-state index in [1.54, 1.807) is 0 Å². The summed E-state index contributed by atoms with van der Waals surface area (Å²) in [5.74, 6) is 1.39. The molecule has 0 aliphatic heterocycles. The summed E-state index contributed by atoms with van der Waals surface area (Å²) in [5, 5.41) is 0. The Morgan fingerprint density at radius 1 is 0.629 bits per heavy atom. The second-order valence-corrected chi connectivity index (χ2v) is 8.68. The smallest absolute Gasteiger partial charge is 0.323 e. The van der Waals surface area contributed by atoms with Crippen molar-refractivity contribution < 1.29 is 19.0 Å². The van der Waals surface area contributed by atoms with Gasteiger partial charge in [-0.3, -0.25) is 4.79 Å². The number of rotatable bonds is 16. The van der Waals surface area contributed by atoms with E-state index < -0.39 is 6.04 Å². The SMILES string of the molecule is N[C@@H](Cc1ccccc1)C(=O)OCCCCCCCCOc1ccc(OCc2ccccc2)cc1. The van der Waals surface area contributed by atoms with Crippen LogP contribution in [0.5, 0.6) is 11.5 Å². The normalized spacial score (nSPS) is 11.6. The van der Waals surface area contributed by atoms with Gasteiger partial charge in [0.05, 0.1) is 13.2 Å². The van der Waals surface area contributed by atoms with Crippen LogP contribution in [0.2, 0.25) is 0 Å². The molecule has 0 saturated heterocycles. The van der Waals surface area contributed by atoms with Gasteiger partial charge in [-0.05, 0) is 54.7 Å². The molecule has 0 fully saturated rings. The molecule has 0 aliphatic rings. The molecule has 186 valence electrons. The molecule has 3 rings (SSSR count). The van der Waals surface area contributed by atoms with Gasteiger partial charge in [-0.25, -0.2) is 0 Å². The van der Waals surface area contributed by atoms with Crippen molar-refractivity contribution in [3.05, 3.63) is 96.1 Å². The third kappa shape index (κ3) is 10.7. The summed E-state index contributed by atoms with van der Waals surface area (Å²) >= 11 is 0. The summed E-state index contributed by atoms with van der Waals surface area (Å²) in [4.78, 5) is 12.0. The minimum absolute atomic E-state index is 0.318. The average molecular weight is 476 g/mol. The molecule has 0 aliphatic carbocycles. The second kappa shape index (κ2) is 15.6. The van der Waals surface area contributed by atoms with E-state index in [-0.39, 0.29) is 5.97 Å². The van der Waals surface area contributed by atoms with Gasteiger partial charge < -0.3 is 19.9 Å². The lowest BCUT2D eigenvalue weighted by Gasteiger charge is -2.11. The number of benzene rings is 3. The Hall–Kier alpha value is -3.31. The predicted molar refractivity (Wildman–Crippen MR) is 139 cm³/mol. The van der Waals surface area contributed by atoms with Gasteiger partial charge in [0.25, 0.3) is 0 Å². The fourth-order valence-corrected chi connectivity index (χ4v) is 3.71. The van der Waals surface area contributed by atoms with Crippen molar-refractivity contribution in [3.8, 4) is 11.5 Å². The number of esters is 1. The van der Waals surface area contributed by atoms with Gasteiger partial charge in [-0.1, -0.05) is 86.3 Å². The number of ether oxygens (including phenoxy) is 3. The Kier molecular flexibility index (Phi) is 11.7. The molecule has 0 heterocycles. The lowest BCUT2D eigenvalue weighted by atomic mass is 10.1. The molecule has 0 unspecified atom stereocenters. The number of unbranched alkanes of at least 4 members (excludes halogenated alkanes) is 5. The number of hydrogen-bond acceptors (Lipinski definition) is 5. The first-order valence-electron chi connectivity index (χ1n) is 12.6. The van der Waals surface area contributed by atoms with Gasteiger partial charge in [0.2, 0.25) is 0 Å². The van der Waals surface area contributed by atoms with Crippen LogP contribution in [0.25, 0.3) is 0 Å². The second-order valence-electron chi connectivity index (χ2n) is 8.68. The van der Waals surface area contributed by atoms with E-state index in [1.807, 2.05) is 72.8 Å². The highest BCUT2D eigenvalue weighted by molar-refractivity contribution is 5.75. The van der Waals surface area contributed by atoms with Gasteiger partial charge in [0, 0.05) is 0 Å². The van der Waals surface area contributed by atoms with Crippen LogP contribution in [0.3, 0.4) is 0 Å². The summed E-state index contributed by atoms with van der Waals surface area (Å²) in [6.45, 7) is 1.71. The molecule has 2 N–H and O–H groups in total. The number of carbonyl (C=O) groups excluding carboxylic acids is 1. The van der Waals surface area contributed by atoms with Crippen molar-refractivity contribution in [2.75, 3.05) is 13.2 Å². The molecule has 0 amide bonds. The van der Waals surface area contributed by atoms with Crippen LogP contribution in [0.15, 0.2) is 84.9 Å². The van der Waals surface area contributed by atoms with Crippen molar-refractivity contribution in [3.63, 3.8) is 0 Å². The van der Waals surface area contributed by atoms with E-state index in [0.717, 1.165) is 61.2 Å². The summed E-state index contributed by atoms with van der Waals surface area (Å²) < 4.78 is 17.0. The van der Waals surface area contributed by atoms with Crippen molar-refractivity contribution in [1.82, 2.24) is 0 Å². The van der Waals surface area contributed by atoms with E-state index in [0.29, 0.717) is 26.2 Å². The highest BCUT2D eigenvalue weighted by Crippen LogP contribution is 2.19. The minimum Gasteiger partial charge on any atom is -0.494 e. The largest absolute Gasteiger partial charge is 0.494 e. The van der Waals surface area contributed by atoms with E-state index in [2.05, 4.69) is 12.1 Å². The summed E-state index contributed by atoms with van der Waals surface area (Å²) in [7, 11) is 0. The third-order valence-electron chi connectivity index (χ3n) is 5.72. The van der Waals surface area contributed by atoms with Crippen molar-refractivity contribution in [2.24, 2.45) is 5.73 Å². The zero-order valence-corrected chi connectivity index (χ0v) is 20.4. The van der Waals surface area contributed by atoms with Gasteiger partial charge in [0.15, 0.2) is 0 Å². The van der Waals surface area contributed by atoms with Crippen molar-refractivity contribution >= 4 is 5.97 Å². The van der Waals surface area contributed by atoms with Crippen LogP contribution in [0, 0.1) is 0 Å². The van der Waals surface area contributed by atoms with E-state index in [1.165, 1.54) is 0 Å². The molecule has 5 heteroatoms. The Morgan fingerprint density at radius 2 is 1.14 bits per heavy atom. The third-order valence-corrected chi connectivity index (χ3v) is 5.72. The molecule has 35 heavy (non-hydrogen) atoms. The lowest BCUT2D eigenvalue weighted by molar-refractivity contribution is -0.145. The number of hydrogen-bond donors (Lipinski definition) is 1. The highest BCUT2D eigenvalue weighted by Gasteiger charge is 2.15. The maximum atomic E-state index is 12.0. The van der Waals surface area contributed by atoms with E-state index >= 15 is 0 Å². The average Bonchev–Trinajstić information content (AvgIpc) is 2.90. The van der Waals surface area contributed by atoms with Crippen LogP contribution >= 0.6 is 0 Å². The van der Waals surface area contributed by atoms with Gasteiger partial charge >= 0.3 is 5.97 Å². The molecule has 3 aromatic rings. The van der Waals surface area contributed by atoms with Crippen LogP contribution in [0.1, 0.15) is 49.7 Å². The quantitative estimate of drug-likeness (QED) is 0.200. The lowest BCUT2D eigenvalue weighted by Crippen LogP contribution is -2.34. The number of carbonyl (C=O) groups is 1. The topological polar surface area (TPSA) is 70.8 Å². The summed E-state index contributed by atoms with van der Waals surface area (Å²) in [6, 6.07) is 27.1. The zero-order chi connectivity index (χ0) is 24.6. The molecule has 0 bridgehead atoms. The van der Waals surface area contributed by atoms with E-state index in [9.17, 15) is 4.79 Å². The molecular formula is C30H37NO4. The summed E-state index contributed by atoms with van der Waals surface area (Å²) in [5.41, 5.74) is 8.15. The Morgan fingerprint density at radius 3 is 1.77 bits per heavy atom. The monoisotopic (exact) mass is 475 g/mol. The maximum absolute atomic E-state index is 12.0. The van der Waals surface area contributed by atoms with Crippen LogP contribution in [-0.4, -0.2) is 25.2 Å². The fourth-order valence-electron chi connectivity index (χ4n) is 3.71. The van der Waals surface area contributed by atoms with Gasteiger partial charge in [-0.15, -0.1) is 0 Å². The molecular weight excluding hydrogens is 438 g/mol. The van der Waals surface area contributed by atoms with Crippen LogP contribution in [-0.2, 0) is 22.6 Å². The molecule has 3 aromatic carbocycles. The Labute approximate surface area is 209 Å². The molecule has 1 atom stereocenters. The first-order valence-corrected chi connectivity index (χ1v) is 12.6. The molecule has 0 saturated carbocycles. The predicted octanol–water partition coefficient (Wildman–Crippen LogP) is 6.10. The van der Waals surface area contributed by atoms with Gasteiger partial charge in [-0.2, -0.15) is 0 Å². The maximum Gasteiger partial charge on any atom is 0.323 e. The Balaban J connectivity index is 1.15.